The molecule has 0 saturated carbocycles. The van der Waals surface area contributed by atoms with Gasteiger partial charge < -0.3 is 10.6 Å². The van der Waals surface area contributed by atoms with Gasteiger partial charge >= 0.3 is 0 Å². The number of hydrogen-bond donors (Lipinski definition) is 1. The minimum absolute atomic E-state index is 0.375. The maximum absolute atomic E-state index is 6.03. The molecule has 0 spiro atoms. The van der Waals surface area contributed by atoms with E-state index in [1.165, 1.54) is 25.1 Å². The van der Waals surface area contributed by atoms with Crippen molar-refractivity contribution in [2.75, 3.05) is 23.7 Å². The molecule has 0 amide bonds. The van der Waals surface area contributed by atoms with Crippen molar-refractivity contribution in [3.63, 3.8) is 0 Å². The van der Waals surface area contributed by atoms with Gasteiger partial charge in [0.05, 0.1) is 5.02 Å². The third-order valence-electron chi connectivity index (χ3n) is 4.30. The molecule has 1 saturated heterocycles. The van der Waals surface area contributed by atoms with Gasteiger partial charge in [-0.25, -0.2) is 4.98 Å². The van der Waals surface area contributed by atoms with Crippen LogP contribution in [0.25, 0.3) is 11.1 Å². The molecule has 0 bridgehead atoms. The summed E-state index contributed by atoms with van der Waals surface area (Å²) in [5.41, 5.74) is 9.05. The molecular formula is C17H20ClN3. The molecule has 1 aliphatic heterocycles. The van der Waals surface area contributed by atoms with Crippen molar-refractivity contribution in [1.29, 1.82) is 0 Å². The van der Waals surface area contributed by atoms with Gasteiger partial charge in [-0.15, -0.1) is 0 Å². The Hall–Kier alpha value is -1.74. The highest BCUT2D eigenvalue weighted by molar-refractivity contribution is 6.33. The molecular weight excluding hydrogens is 282 g/mol. The number of anilines is 2. The van der Waals surface area contributed by atoms with E-state index in [0.717, 1.165) is 23.6 Å². The minimum atomic E-state index is 0.375. The fourth-order valence-corrected chi connectivity index (χ4v) is 3.04. The first-order valence-corrected chi connectivity index (χ1v) is 7.81. The van der Waals surface area contributed by atoms with Crippen LogP contribution < -0.4 is 10.6 Å². The maximum Gasteiger partial charge on any atom is 0.142 e. The summed E-state index contributed by atoms with van der Waals surface area (Å²) in [6.45, 7) is 4.60. The highest BCUT2D eigenvalue weighted by atomic mass is 35.5. The van der Waals surface area contributed by atoms with Crippen molar-refractivity contribution in [1.82, 2.24) is 4.98 Å². The van der Waals surface area contributed by atoms with E-state index in [4.69, 9.17) is 17.3 Å². The van der Waals surface area contributed by atoms with Gasteiger partial charge in [-0.1, -0.05) is 37.1 Å². The Morgan fingerprint density at radius 1 is 1.29 bits per heavy atom. The molecule has 3 rings (SSSR count). The van der Waals surface area contributed by atoms with Crippen LogP contribution in [0, 0.1) is 5.92 Å². The number of benzene rings is 1. The molecule has 2 heterocycles. The molecule has 1 atom stereocenters. The highest BCUT2D eigenvalue weighted by Gasteiger charge is 2.20. The zero-order valence-corrected chi connectivity index (χ0v) is 13.0. The first-order chi connectivity index (χ1) is 10.2. The molecule has 110 valence electrons. The monoisotopic (exact) mass is 301 g/mol. The van der Waals surface area contributed by atoms with Crippen molar-refractivity contribution in [2.45, 2.75) is 19.8 Å². The smallest absolute Gasteiger partial charge is 0.142 e. The van der Waals surface area contributed by atoms with E-state index < -0.39 is 0 Å². The topological polar surface area (TPSA) is 42.2 Å². The summed E-state index contributed by atoms with van der Waals surface area (Å²) in [6.07, 6.45) is 4.33. The Morgan fingerprint density at radius 3 is 2.67 bits per heavy atom. The summed E-state index contributed by atoms with van der Waals surface area (Å²) < 4.78 is 0. The van der Waals surface area contributed by atoms with Crippen molar-refractivity contribution < 1.29 is 0 Å². The Morgan fingerprint density at radius 2 is 2.05 bits per heavy atom. The average molecular weight is 302 g/mol. The lowest BCUT2D eigenvalue weighted by molar-refractivity contribution is 0.569. The van der Waals surface area contributed by atoms with E-state index in [9.17, 15) is 0 Å². The van der Waals surface area contributed by atoms with Gasteiger partial charge in [-0.2, -0.15) is 0 Å². The van der Waals surface area contributed by atoms with Crippen molar-refractivity contribution in [3.05, 3.63) is 41.6 Å². The van der Waals surface area contributed by atoms with E-state index in [1.807, 2.05) is 6.07 Å². The Kier molecular flexibility index (Phi) is 4.02. The van der Waals surface area contributed by atoms with Crippen LogP contribution in [0.5, 0.6) is 0 Å². The summed E-state index contributed by atoms with van der Waals surface area (Å²) in [4.78, 5) is 6.58. The fourth-order valence-electron chi connectivity index (χ4n) is 2.87. The van der Waals surface area contributed by atoms with Gasteiger partial charge in [0.25, 0.3) is 0 Å². The molecule has 2 N–H and O–H groups in total. The number of pyridine rings is 1. The molecule has 1 aromatic carbocycles. The van der Waals surface area contributed by atoms with Gasteiger partial charge in [0.2, 0.25) is 0 Å². The number of halogens is 1. The van der Waals surface area contributed by atoms with Crippen LogP contribution in [0.2, 0.25) is 5.02 Å². The number of nitrogens with two attached hydrogens (primary N) is 1. The summed E-state index contributed by atoms with van der Waals surface area (Å²) in [5.74, 6) is 1.21. The summed E-state index contributed by atoms with van der Waals surface area (Å²) in [5, 5.41) is 0.502. The molecule has 1 aromatic heterocycles. The molecule has 2 aromatic rings. The number of rotatable bonds is 3. The molecule has 4 heteroatoms. The van der Waals surface area contributed by atoms with E-state index in [0.29, 0.717) is 10.8 Å². The average Bonchev–Trinajstić information content (AvgIpc) is 2.99. The van der Waals surface area contributed by atoms with E-state index >= 15 is 0 Å². The summed E-state index contributed by atoms with van der Waals surface area (Å²) >= 11 is 6.03. The van der Waals surface area contributed by atoms with Crippen LogP contribution in [0.15, 0.2) is 36.5 Å². The van der Waals surface area contributed by atoms with Gasteiger partial charge in [0.15, 0.2) is 0 Å². The first-order valence-electron chi connectivity index (χ1n) is 7.43. The van der Waals surface area contributed by atoms with Gasteiger partial charge in [0, 0.05) is 30.5 Å². The number of aromatic nitrogens is 1. The molecule has 0 unspecified atom stereocenters. The Balaban J connectivity index is 1.79. The number of nitrogen functional groups attached to an aromatic ring is 1. The lowest BCUT2D eigenvalue weighted by atomic mass is 10.1. The molecule has 1 aliphatic rings. The van der Waals surface area contributed by atoms with E-state index in [-0.39, 0.29) is 0 Å². The second-order valence-corrected chi connectivity index (χ2v) is 6.05. The number of nitrogens with zero attached hydrogens (tertiary/aromatic N) is 2. The SMILES string of the molecule is CC[C@@H]1CCN(c2ccc(-c3cnc(N)c(Cl)c3)cc2)C1. The standard InChI is InChI=1S/C17H20ClN3/c1-2-12-7-8-21(11-12)15-5-3-13(4-6-15)14-9-16(18)17(19)20-10-14/h3-6,9-10,12H,2,7-8,11H2,1H3,(H2,19,20)/t12-/m1/s1. The van der Waals surface area contributed by atoms with E-state index in [2.05, 4.69) is 41.1 Å². The van der Waals surface area contributed by atoms with Crippen LogP contribution in [0.3, 0.4) is 0 Å². The van der Waals surface area contributed by atoms with Crippen LogP contribution >= 0.6 is 11.6 Å². The lowest BCUT2D eigenvalue weighted by Gasteiger charge is -2.19. The molecule has 0 radical (unpaired) electrons. The predicted molar refractivity (Wildman–Crippen MR) is 89.7 cm³/mol. The predicted octanol–water partition coefficient (Wildman–Crippen LogP) is 4.22. The summed E-state index contributed by atoms with van der Waals surface area (Å²) in [6, 6.07) is 10.5. The van der Waals surface area contributed by atoms with Crippen molar-refractivity contribution in [2.24, 2.45) is 5.92 Å². The highest BCUT2D eigenvalue weighted by Crippen LogP contribution is 2.29. The van der Waals surface area contributed by atoms with Crippen LogP contribution in [0.1, 0.15) is 19.8 Å². The zero-order valence-electron chi connectivity index (χ0n) is 12.2. The van der Waals surface area contributed by atoms with E-state index in [1.54, 1.807) is 6.20 Å². The zero-order chi connectivity index (χ0) is 14.8. The lowest BCUT2D eigenvalue weighted by Crippen LogP contribution is -2.19. The minimum Gasteiger partial charge on any atom is -0.382 e. The fraction of sp³-hybridized carbons (Fsp3) is 0.353. The maximum atomic E-state index is 6.03. The molecule has 3 nitrogen and oxygen atoms in total. The third-order valence-corrected chi connectivity index (χ3v) is 4.60. The van der Waals surface area contributed by atoms with Gasteiger partial charge in [-0.3, -0.25) is 0 Å². The Bertz CT molecular complexity index is 624. The Labute approximate surface area is 130 Å². The second kappa shape index (κ2) is 5.94. The number of hydrogen-bond acceptors (Lipinski definition) is 3. The molecule has 1 fully saturated rings. The second-order valence-electron chi connectivity index (χ2n) is 5.65. The first kappa shape index (κ1) is 14.2. The van der Waals surface area contributed by atoms with Crippen molar-refractivity contribution >= 4 is 23.1 Å². The third kappa shape index (κ3) is 2.98. The van der Waals surface area contributed by atoms with Crippen molar-refractivity contribution in [3.8, 4) is 11.1 Å². The quantitative estimate of drug-likeness (QED) is 0.923. The van der Waals surface area contributed by atoms with Crippen LogP contribution in [0.4, 0.5) is 11.5 Å². The molecule has 21 heavy (non-hydrogen) atoms. The van der Waals surface area contributed by atoms with Crippen LogP contribution in [-0.2, 0) is 0 Å². The van der Waals surface area contributed by atoms with Gasteiger partial charge in [-0.05, 0) is 36.1 Å². The largest absolute Gasteiger partial charge is 0.382 e. The molecule has 0 aliphatic carbocycles. The normalized spacial score (nSPS) is 18.2. The van der Waals surface area contributed by atoms with Crippen LogP contribution in [-0.4, -0.2) is 18.1 Å². The summed E-state index contributed by atoms with van der Waals surface area (Å²) in [7, 11) is 0. The van der Waals surface area contributed by atoms with Gasteiger partial charge in [0.1, 0.15) is 5.82 Å².